The van der Waals surface area contributed by atoms with Gasteiger partial charge in [0.15, 0.2) is 0 Å². The van der Waals surface area contributed by atoms with E-state index in [4.69, 9.17) is 0 Å². The van der Waals surface area contributed by atoms with Gasteiger partial charge in [-0.05, 0) is 35.8 Å². The Balaban J connectivity index is 1.70. The molecule has 0 radical (unpaired) electrons. The lowest BCUT2D eigenvalue weighted by Gasteiger charge is -2.36. The molecule has 2 atom stereocenters. The van der Waals surface area contributed by atoms with Gasteiger partial charge in [-0.1, -0.05) is 50.5 Å². The first-order valence-electron chi connectivity index (χ1n) is 7.18. The number of hydrogen-bond donors (Lipinski definition) is 1. The van der Waals surface area contributed by atoms with Crippen molar-refractivity contribution in [2.75, 3.05) is 6.54 Å². The molecule has 92 valence electrons. The first kappa shape index (κ1) is 11.3. The second kappa shape index (κ2) is 4.81. The van der Waals surface area contributed by atoms with Crippen LogP contribution in [0, 0.1) is 5.92 Å². The molecule has 1 nitrogen and oxygen atoms in total. The van der Waals surface area contributed by atoms with Crippen molar-refractivity contribution >= 4 is 0 Å². The number of nitrogens with one attached hydrogen (secondary N) is 1. The predicted octanol–water partition coefficient (Wildman–Crippen LogP) is 4.01. The molecule has 0 amide bonds. The normalized spacial score (nSPS) is 29.9. The fourth-order valence-electron chi connectivity index (χ4n) is 3.33. The van der Waals surface area contributed by atoms with Gasteiger partial charge >= 0.3 is 0 Å². The molecule has 1 aliphatic heterocycles. The molecular weight excluding hydrogens is 206 g/mol. The summed E-state index contributed by atoms with van der Waals surface area (Å²) in [5, 5.41) is 3.51. The van der Waals surface area contributed by atoms with Gasteiger partial charge in [0.05, 0.1) is 0 Å². The van der Waals surface area contributed by atoms with Crippen LogP contribution in [0.25, 0.3) is 0 Å². The first-order valence-corrected chi connectivity index (χ1v) is 7.18. The fraction of sp³-hybridized carbons (Fsp3) is 0.625. The minimum atomic E-state index is 0.607. The Morgan fingerprint density at radius 1 is 0.941 bits per heavy atom. The smallest absolute Gasteiger partial charge is 0.0358 e. The van der Waals surface area contributed by atoms with Gasteiger partial charge < -0.3 is 5.32 Å². The average Bonchev–Trinajstić information content (AvgIpc) is 2.39. The fourth-order valence-corrected chi connectivity index (χ4v) is 3.33. The average molecular weight is 229 g/mol. The van der Waals surface area contributed by atoms with Crippen LogP contribution in [0.15, 0.2) is 24.3 Å². The third-order valence-corrected chi connectivity index (χ3v) is 4.60. The molecule has 0 bridgehead atoms. The van der Waals surface area contributed by atoms with Crippen molar-refractivity contribution in [3.8, 4) is 0 Å². The highest BCUT2D eigenvalue weighted by atomic mass is 15.0. The van der Waals surface area contributed by atoms with Gasteiger partial charge in [0.1, 0.15) is 0 Å². The third-order valence-electron chi connectivity index (χ3n) is 4.60. The van der Waals surface area contributed by atoms with Crippen LogP contribution < -0.4 is 5.32 Å². The summed E-state index contributed by atoms with van der Waals surface area (Å²) in [6.45, 7) is 3.51. The molecule has 3 rings (SSSR count). The highest BCUT2D eigenvalue weighted by Crippen LogP contribution is 2.34. The van der Waals surface area contributed by atoms with E-state index in [0.29, 0.717) is 6.04 Å². The molecular formula is C16H23N. The zero-order valence-corrected chi connectivity index (χ0v) is 10.8. The first-order chi connectivity index (χ1) is 8.34. The van der Waals surface area contributed by atoms with Crippen LogP contribution >= 0.6 is 0 Å². The lowest BCUT2D eigenvalue weighted by molar-refractivity contribution is 0.258. The number of hydrogen-bond acceptors (Lipinski definition) is 1. The summed E-state index contributed by atoms with van der Waals surface area (Å²) in [6.07, 6.45) is 7.09. The maximum atomic E-state index is 3.51. The molecule has 1 aliphatic carbocycles. The summed E-state index contributed by atoms with van der Waals surface area (Å²) in [7, 11) is 0. The molecule has 1 saturated heterocycles. The molecule has 17 heavy (non-hydrogen) atoms. The highest BCUT2D eigenvalue weighted by molar-refractivity contribution is 5.29. The van der Waals surface area contributed by atoms with Crippen molar-refractivity contribution in [3.05, 3.63) is 35.4 Å². The van der Waals surface area contributed by atoms with E-state index < -0.39 is 0 Å². The maximum Gasteiger partial charge on any atom is 0.0358 e. The van der Waals surface area contributed by atoms with E-state index in [9.17, 15) is 0 Å². The molecule has 1 heterocycles. The van der Waals surface area contributed by atoms with Crippen LogP contribution in [0.3, 0.4) is 0 Å². The van der Waals surface area contributed by atoms with Crippen molar-refractivity contribution in [2.24, 2.45) is 5.92 Å². The SMILES string of the molecule is CC1CNC1c1ccc(C2CCCCC2)cc1. The molecule has 2 unspecified atom stereocenters. The Labute approximate surface area is 105 Å². The zero-order valence-electron chi connectivity index (χ0n) is 10.8. The van der Waals surface area contributed by atoms with Gasteiger partial charge in [0.25, 0.3) is 0 Å². The molecule has 1 heteroatoms. The van der Waals surface area contributed by atoms with E-state index in [-0.39, 0.29) is 0 Å². The molecule has 2 fully saturated rings. The van der Waals surface area contributed by atoms with Crippen LogP contribution in [0.2, 0.25) is 0 Å². The Kier molecular flexibility index (Phi) is 3.19. The second-order valence-corrected chi connectivity index (χ2v) is 5.86. The van der Waals surface area contributed by atoms with Gasteiger partial charge in [0, 0.05) is 12.6 Å². The summed E-state index contributed by atoms with van der Waals surface area (Å²) in [5.74, 6) is 1.64. The van der Waals surface area contributed by atoms with E-state index in [1.165, 1.54) is 44.2 Å². The largest absolute Gasteiger partial charge is 0.309 e. The maximum absolute atomic E-state index is 3.51. The Morgan fingerprint density at radius 3 is 2.12 bits per heavy atom. The van der Waals surface area contributed by atoms with E-state index in [0.717, 1.165) is 11.8 Å². The monoisotopic (exact) mass is 229 g/mol. The van der Waals surface area contributed by atoms with Crippen LogP contribution in [-0.4, -0.2) is 6.54 Å². The van der Waals surface area contributed by atoms with Crippen molar-refractivity contribution < 1.29 is 0 Å². The molecule has 2 aliphatic rings. The Hall–Kier alpha value is -0.820. The van der Waals surface area contributed by atoms with Gasteiger partial charge in [0.2, 0.25) is 0 Å². The quantitative estimate of drug-likeness (QED) is 0.808. The summed E-state index contributed by atoms with van der Waals surface area (Å²) >= 11 is 0. The van der Waals surface area contributed by atoms with E-state index in [2.05, 4.69) is 36.5 Å². The van der Waals surface area contributed by atoms with Gasteiger partial charge in [-0.15, -0.1) is 0 Å². The van der Waals surface area contributed by atoms with Gasteiger partial charge in [-0.2, -0.15) is 0 Å². The summed E-state index contributed by atoms with van der Waals surface area (Å²) in [6, 6.07) is 10.0. The minimum Gasteiger partial charge on any atom is -0.309 e. The Morgan fingerprint density at radius 2 is 1.59 bits per heavy atom. The van der Waals surface area contributed by atoms with Crippen LogP contribution in [0.4, 0.5) is 0 Å². The standard InChI is InChI=1S/C16H23N/c1-12-11-17-16(12)15-9-7-14(8-10-15)13-5-3-2-4-6-13/h7-10,12-13,16-17H,2-6,11H2,1H3. The highest BCUT2D eigenvalue weighted by Gasteiger charge is 2.27. The predicted molar refractivity (Wildman–Crippen MR) is 72.2 cm³/mol. The second-order valence-electron chi connectivity index (χ2n) is 5.86. The van der Waals surface area contributed by atoms with Crippen LogP contribution in [-0.2, 0) is 0 Å². The molecule has 1 N–H and O–H groups in total. The van der Waals surface area contributed by atoms with Gasteiger partial charge in [-0.25, -0.2) is 0 Å². The van der Waals surface area contributed by atoms with Crippen molar-refractivity contribution in [1.82, 2.24) is 5.32 Å². The lowest BCUT2D eigenvalue weighted by Crippen LogP contribution is -2.43. The Bertz CT molecular complexity index is 362. The van der Waals surface area contributed by atoms with Crippen LogP contribution in [0.1, 0.15) is 62.1 Å². The molecule has 1 saturated carbocycles. The van der Waals surface area contributed by atoms with E-state index in [1.807, 2.05) is 0 Å². The number of rotatable bonds is 2. The molecule has 0 spiro atoms. The molecule has 1 aromatic carbocycles. The van der Waals surface area contributed by atoms with E-state index in [1.54, 1.807) is 5.56 Å². The topological polar surface area (TPSA) is 12.0 Å². The summed E-state index contributed by atoms with van der Waals surface area (Å²) < 4.78 is 0. The molecule has 1 aromatic rings. The minimum absolute atomic E-state index is 0.607. The van der Waals surface area contributed by atoms with E-state index >= 15 is 0 Å². The summed E-state index contributed by atoms with van der Waals surface area (Å²) in [5.41, 5.74) is 3.05. The number of benzene rings is 1. The molecule has 0 aromatic heterocycles. The summed E-state index contributed by atoms with van der Waals surface area (Å²) in [4.78, 5) is 0. The van der Waals surface area contributed by atoms with Crippen molar-refractivity contribution in [1.29, 1.82) is 0 Å². The zero-order chi connectivity index (χ0) is 11.7. The third kappa shape index (κ3) is 2.26. The van der Waals surface area contributed by atoms with Crippen molar-refractivity contribution in [3.63, 3.8) is 0 Å². The van der Waals surface area contributed by atoms with Crippen molar-refractivity contribution in [2.45, 2.75) is 51.0 Å². The lowest BCUT2D eigenvalue weighted by atomic mass is 9.82. The van der Waals surface area contributed by atoms with Crippen LogP contribution in [0.5, 0.6) is 0 Å². The van der Waals surface area contributed by atoms with Gasteiger partial charge in [-0.3, -0.25) is 0 Å².